The summed E-state index contributed by atoms with van der Waals surface area (Å²) in [6.45, 7) is 8.35. The molecule has 0 radical (unpaired) electrons. The van der Waals surface area contributed by atoms with Crippen LogP contribution in [0.15, 0.2) is 23.3 Å². The number of aryl methyl sites for hydroxylation is 3. The van der Waals surface area contributed by atoms with Crippen LogP contribution in [0.2, 0.25) is 0 Å². The number of thiophene rings is 1. The summed E-state index contributed by atoms with van der Waals surface area (Å²) in [6.07, 6.45) is 5.68. The number of carbonyl (C=O) groups is 2. The first kappa shape index (κ1) is 21.2. The molecule has 1 aliphatic rings. The van der Waals surface area contributed by atoms with E-state index < -0.39 is 5.97 Å². The molecule has 0 saturated heterocycles. The highest BCUT2D eigenvalue weighted by Gasteiger charge is 2.20. The maximum Gasteiger partial charge on any atom is 0.308 e. The highest BCUT2D eigenvalue weighted by Crippen LogP contribution is 2.33. The van der Waals surface area contributed by atoms with E-state index in [2.05, 4.69) is 11.6 Å². The summed E-state index contributed by atoms with van der Waals surface area (Å²) in [6, 6.07) is 0. The van der Waals surface area contributed by atoms with E-state index in [4.69, 9.17) is 4.74 Å². The first-order chi connectivity index (χ1) is 13.9. The molecule has 0 aliphatic heterocycles. The molecular weight excluding hydrogens is 390 g/mol. The van der Waals surface area contributed by atoms with E-state index in [-0.39, 0.29) is 31.0 Å². The second-order valence-corrected chi connectivity index (χ2v) is 8.49. The molecule has 0 atom stereocenters. The molecule has 29 heavy (non-hydrogen) atoms. The van der Waals surface area contributed by atoms with E-state index in [0.29, 0.717) is 18.5 Å². The molecule has 8 heteroatoms. The van der Waals surface area contributed by atoms with Crippen molar-refractivity contribution in [3.05, 3.63) is 39.3 Å². The lowest BCUT2D eigenvalue weighted by molar-refractivity contribution is -0.152. The summed E-state index contributed by atoms with van der Waals surface area (Å²) in [5, 5.41) is 0.703. The van der Waals surface area contributed by atoms with Crippen LogP contribution in [0.1, 0.15) is 43.6 Å². The number of likely N-dealkylation sites (N-methyl/N-ethyl adjacent to an activating group) is 1. The zero-order valence-corrected chi connectivity index (χ0v) is 17.8. The van der Waals surface area contributed by atoms with Gasteiger partial charge in [0.1, 0.15) is 4.83 Å². The molecule has 0 aromatic carbocycles. The number of hydrogen-bond donors (Lipinski definition) is 0. The van der Waals surface area contributed by atoms with Gasteiger partial charge in [-0.05, 0) is 45.1 Å². The number of carbonyl (C=O) groups excluding carboxylic acids is 2. The average Bonchev–Trinajstić information content (AvgIpc) is 3.08. The van der Waals surface area contributed by atoms with Crippen LogP contribution in [0.25, 0.3) is 10.2 Å². The van der Waals surface area contributed by atoms with Gasteiger partial charge in [-0.15, -0.1) is 11.3 Å². The van der Waals surface area contributed by atoms with Gasteiger partial charge in [-0.25, -0.2) is 4.98 Å². The Labute approximate surface area is 174 Å². The van der Waals surface area contributed by atoms with Gasteiger partial charge in [0.05, 0.1) is 18.1 Å². The number of aromatic nitrogens is 2. The lowest BCUT2D eigenvalue weighted by atomic mass is 9.97. The van der Waals surface area contributed by atoms with Crippen molar-refractivity contribution >= 4 is 33.4 Å². The quantitative estimate of drug-likeness (QED) is 0.487. The number of nitrogens with zero attached hydrogens (tertiary/aromatic N) is 3. The molecule has 0 unspecified atom stereocenters. The maximum atomic E-state index is 12.9. The van der Waals surface area contributed by atoms with Gasteiger partial charge in [0.2, 0.25) is 0 Å². The second kappa shape index (κ2) is 9.35. The van der Waals surface area contributed by atoms with Crippen LogP contribution in [0, 0.1) is 0 Å². The van der Waals surface area contributed by atoms with Crippen molar-refractivity contribution < 1.29 is 14.3 Å². The number of hydrogen-bond acceptors (Lipinski definition) is 6. The Balaban J connectivity index is 1.60. The highest BCUT2D eigenvalue weighted by atomic mass is 32.1. The van der Waals surface area contributed by atoms with Crippen LogP contribution >= 0.6 is 11.3 Å². The molecule has 2 aromatic heterocycles. The standard InChI is InChI=1S/C21H27N3O4S/c1-4-23(11-14(2)3)17(25)12-28-18(26)9-10-24-13-22-20-19(21(24)27)15-7-5-6-8-16(15)29-20/h13H,2,4-12H2,1,3H3. The molecule has 0 spiro atoms. The fourth-order valence-electron chi connectivity index (χ4n) is 3.56. The fourth-order valence-corrected chi connectivity index (χ4v) is 4.78. The van der Waals surface area contributed by atoms with Crippen molar-refractivity contribution in [1.82, 2.24) is 14.5 Å². The van der Waals surface area contributed by atoms with E-state index in [1.165, 1.54) is 15.8 Å². The smallest absolute Gasteiger partial charge is 0.308 e. The molecule has 0 fully saturated rings. The number of fused-ring (bicyclic) bond motifs is 3. The van der Waals surface area contributed by atoms with Gasteiger partial charge in [-0.1, -0.05) is 12.2 Å². The Hall–Kier alpha value is -2.48. The Morgan fingerprint density at radius 1 is 1.34 bits per heavy atom. The van der Waals surface area contributed by atoms with Gasteiger partial charge in [-0.2, -0.15) is 0 Å². The van der Waals surface area contributed by atoms with E-state index in [1.807, 2.05) is 13.8 Å². The van der Waals surface area contributed by atoms with Crippen molar-refractivity contribution in [3.8, 4) is 0 Å². The Bertz CT molecular complexity index is 992. The normalized spacial score (nSPS) is 13.2. The summed E-state index contributed by atoms with van der Waals surface area (Å²) in [5.74, 6) is -0.766. The first-order valence-corrected chi connectivity index (χ1v) is 10.8. The summed E-state index contributed by atoms with van der Waals surface area (Å²) >= 11 is 1.60. The highest BCUT2D eigenvalue weighted by molar-refractivity contribution is 7.18. The topological polar surface area (TPSA) is 81.5 Å². The van der Waals surface area contributed by atoms with Crippen molar-refractivity contribution in [2.75, 3.05) is 19.7 Å². The van der Waals surface area contributed by atoms with Gasteiger partial charge in [0.25, 0.3) is 11.5 Å². The van der Waals surface area contributed by atoms with Crippen LogP contribution in [0.3, 0.4) is 0 Å². The third-order valence-corrected chi connectivity index (χ3v) is 6.25. The number of esters is 1. The lowest BCUT2D eigenvalue weighted by Gasteiger charge is -2.20. The zero-order valence-electron chi connectivity index (χ0n) is 17.0. The van der Waals surface area contributed by atoms with E-state index >= 15 is 0 Å². The lowest BCUT2D eigenvalue weighted by Crippen LogP contribution is -2.35. The van der Waals surface area contributed by atoms with Crippen LogP contribution in [0.5, 0.6) is 0 Å². The molecule has 0 bridgehead atoms. The van der Waals surface area contributed by atoms with Gasteiger partial charge in [0, 0.05) is 24.5 Å². The summed E-state index contributed by atoms with van der Waals surface area (Å²) < 4.78 is 6.56. The van der Waals surface area contributed by atoms with Crippen molar-refractivity contribution in [2.24, 2.45) is 0 Å². The maximum absolute atomic E-state index is 12.9. The van der Waals surface area contributed by atoms with Gasteiger partial charge in [0.15, 0.2) is 6.61 Å². The molecule has 7 nitrogen and oxygen atoms in total. The molecule has 1 aliphatic carbocycles. The fraction of sp³-hybridized carbons (Fsp3) is 0.524. The third-order valence-electron chi connectivity index (χ3n) is 5.05. The number of ether oxygens (including phenoxy) is 1. The molecule has 156 valence electrons. The summed E-state index contributed by atoms with van der Waals surface area (Å²) in [7, 11) is 0. The molecular formula is C21H27N3O4S. The monoisotopic (exact) mass is 417 g/mol. The Morgan fingerprint density at radius 2 is 2.10 bits per heavy atom. The molecule has 2 aromatic rings. The average molecular weight is 418 g/mol. The number of amides is 1. The van der Waals surface area contributed by atoms with E-state index in [9.17, 15) is 14.4 Å². The minimum absolute atomic E-state index is 0.0132. The summed E-state index contributed by atoms with van der Waals surface area (Å²) in [5.41, 5.74) is 1.90. The molecule has 0 saturated carbocycles. The van der Waals surface area contributed by atoms with Crippen molar-refractivity contribution in [1.29, 1.82) is 0 Å². The van der Waals surface area contributed by atoms with E-state index in [0.717, 1.165) is 41.7 Å². The predicted molar refractivity (Wildman–Crippen MR) is 113 cm³/mol. The van der Waals surface area contributed by atoms with Crippen molar-refractivity contribution in [3.63, 3.8) is 0 Å². The zero-order chi connectivity index (χ0) is 21.0. The molecule has 3 rings (SSSR count). The minimum atomic E-state index is -0.510. The second-order valence-electron chi connectivity index (χ2n) is 7.41. The van der Waals surface area contributed by atoms with Gasteiger partial charge >= 0.3 is 5.97 Å². The minimum Gasteiger partial charge on any atom is -0.456 e. The third kappa shape index (κ3) is 4.93. The molecule has 0 N–H and O–H groups in total. The van der Waals surface area contributed by atoms with Crippen molar-refractivity contribution in [2.45, 2.75) is 52.5 Å². The van der Waals surface area contributed by atoms with Crippen LogP contribution in [-0.2, 0) is 33.7 Å². The Morgan fingerprint density at radius 3 is 2.83 bits per heavy atom. The molecule has 2 heterocycles. The van der Waals surface area contributed by atoms with Crippen LogP contribution in [-0.4, -0.2) is 46.0 Å². The Kier molecular flexibility index (Phi) is 6.84. The van der Waals surface area contributed by atoms with Crippen LogP contribution in [0.4, 0.5) is 0 Å². The number of rotatable bonds is 8. The predicted octanol–water partition coefficient (Wildman–Crippen LogP) is 2.69. The van der Waals surface area contributed by atoms with E-state index in [1.54, 1.807) is 16.2 Å². The van der Waals surface area contributed by atoms with Crippen LogP contribution < -0.4 is 5.56 Å². The molecule has 1 amide bonds. The summed E-state index contributed by atoms with van der Waals surface area (Å²) in [4.78, 5) is 45.1. The van der Waals surface area contributed by atoms with Gasteiger partial charge < -0.3 is 9.64 Å². The first-order valence-electron chi connectivity index (χ1n) is 9.98. The SMILES string of the molecule is C=C(C)CN(CC)C(=O)COC(=O)CCn1cnc2sc3c(c2c1=O)CCCC3. The van der Waals surface area contributed by atoms with Gasteiger partial charge in [-0.3, -0.25) is 19.0 Å². The largest absolute Gasteiger partial charge is 0.456 e.